The number of nitrogens with two attached hydrogens (primary N) is 1. The van der Waals surface area contributed by atoms with Crippen molar-refractivity contribution in [2.24, 2.45) is 5.73 Å². The Kier molecular flexibility index (Phi) is 2.71. The summed E-state index contributed by atoms with van der Waals surface area (Å²) in [6, 6.07) is 5.59. The van der Waals surface area contributed by atoms with Gasteiger partial charge in [-0.25, -0.2) is 4.79 Å². The molecule has 92 valence electrons. The third-order valence-electron chi connectivity index (χ3n) is 2.49. The Morgan fingerprint density at radius 3 is 2.82 bits per heavy atom. The Morgan fingerprint density at radius 2 is 2.18 bits per heavy atom. The normalized spacial score (nSPS) is 12.0. The van der Waals surface area contributed by atoms with E-state index in [9.17, 15) is 4.79 Å². The van der Waals surface area contributed by atoms with E-state index in [1.807, 2.05) is 44.0 Å². The molecule has 0 aliphatic rings. The fourth-order valence-electron chi connectivity index (χ4n) is 1.87. The number of rotatable bonds is 3. The van der Waals surface area contributed by atoms with E-state index in [1.54, 1.807) is 0 Å². The molecular formula is C12H17N3O2. The van der Waals surface area contributed by atoms with Crippen molar-refractivity contribution in [3.63, 3.8) is 0 Å². The Balaban J connectivity index is 2.32. The molecule has 0 saturated heterocycles. The third kappa shape index (κ3) is 2.68. The lowest BCUT2D eigenvalue weighted by molar-refractivity contribution is 0.518. The second-order valence-corrected chi connectivity index (χ2v) is 5.04. The van der Waals surface area contributed by atoms with Crippen molar-refractivity contribution in [1.29, 1.82) is 0 Å². The van der Waals surface area contributed by atoms with Crippen molar-refractivity contribution in [1.82, 2.24) is 4.98 Å². The standard InChI is InChI=1S/C12H17N3O2/c1-12(2,13)7-15(3)8-4-5-9-10(6-8)17-11(16)14-9/h4-6H,7,13H2,1-3H3,(H,14,16). The van der Waals surface area contributed by atoms with E-state index in [4.69, 9.17) is 10.2 Å². The topological polar surface area (TPSA) is 75.3 Å². The van der Waals surface area contributed by atoms with Gasteiger partial charge < -0.3 is 15.1 Å². The molecule has 0 amide bonds. The van der Waals surface area contributed by atoms with Gasteiger partial charge in [-0.2, -0.15) is 0 Å². The molecule has 2 rings (SSSR count). The maximum Gasteiger partial charge on any atom is 0.417 e. The zero-order valence-electron chi connectivity index (χ0n) is 10.3. The molecule has 0 unspecified atom stereocenters. The molecule has 0 saturated carbocycles. The zero-order valence-corrected chi connectivity index (χ0v) is 10.3. The summed E-state index contributed by atoms with van der Waals surface area (Å²) in [4.78, 5) is 15.7. The van der Waals surface area contributed by atoms with Crippen LogP contribution < -0.4 is 16.4 Å². The van der Waals surface area contributed by atoms with E-state index in [0.717, 1.165) is 5.69 Å². The van der Waals surface area contributed by atoms with Crippen molar-refractivity contribution >= 4 is 16.8 Å². The van der Waals surface area contributed by atoms with Crippen LogP contribution in [0.5, 0.6) is 0 Å². The minimum Gasteiger partial charge on any atom is -0.408 e. The maximum atomic E-state index is 11.0. The molecule has 5 nitrogen and oxygen atoms in total. The van der Waals surface area contributed by atoms with E-state index in [1.165, 1.54) is 0 Å². The van der Waals surface area contributed by atoms with Gasteiger partial charge in [0.15, 0.2) is 5.58 Å². The zero-order chi connectivity index (χ0) is 12.6. The lowest BCUT2D eigenvalue weighted by Gasteiger charge is -2.28. The van der Waals surface area contributed by atoms with Crippen molar-refractivity contribution in [2.75, 3.05) is 18.5 Å². The van der Waals surface area contributed by atoms with Crippen molar-refractivity contribution in [3.8, 4) is 0 Å². The van der Waals surface area contributed by atoms with Crippen LogP contribution in [0.4, 0.5) is 5.69 Å². The van der Waals surface area contributed by atoms with Gasteiger partial charge in [-0.3, -0.25) is 4.98 Å². The average molecular weight is 235 g/mol. The van der Waals surface area contributed by atoms with Gasteiger partial charge >= 0.3 is 5.76 Å². The van der Waals surface area contributed by atoms with Crippen LogP contribution in [0.1, 0.15) is 13.8 Å². The summed E-state index contributed by atoms with van der Waals surface area (Å²) in [6.07, 6.45) is 0. The van der Waals surface area contributed by atoms with Crippen LogP contribution >= 0.6 is 0 Å². The summed E-state index contributed by atoms with van der Waals surface area (Å²) in [5.41, 5.74) is 7.94. The van der Waals surface area contributed by atoms with Gasteiger partial charge in [-0.15, -0.1) is 0 Å². The molecule has 1 aromatic carbocycles. The molecule has 0 bridgehead atoms. The van der Waals surface area contributed by atoms with Gasteiger partial charge in [-0.1, -0.05) is 0 Å². The van der Waals surface area contributed by atoms with Crippen LogP contribution in [0.25, 0.3) is 11.1 Å². The van der Waals surface area contributed by atoms with Gasteiger partial charge in [0.25, 0.3) is 0 Å². The minimum atomic E-state index is -0.432. The molecule has 0 spiro atoms. The predicted molar refractivity (Wildman–Crippen MR) is 68.4 cm³/mol. The second kappa shape index (κ2) is 3.92. The Labute approximate surface area is 99.2 Å². The highest BCUT2D eigenvalue weighted by molar-refractivity contribution is 5.77. The number of aromatic amines is 1. The number of likely N-dealkylation sites (N-methyl/N-ethyl adjacent to an activating group) is 1. The number of hydrogen-bond acceptors (Lipinski definition) is 4. The van der Waals surface area contributed by atoms with E-state index < -0.39 is 5.76 Å². The highest BCUT2D eigenvalue weighted by atomic mass is 16.4. The number of anilines is 1. The molecule has 1 aromatic heterocycles. The summed E-state index contributed by atoms with van der Waals surface area (Å²) in [7, 11) is 1.96. The lowest BCUT2D eigenvalue weighted by Crippen LogP contribution is -2.44. The average Bonchev–Trinajstić information content (AvgIpc) is 2.53. The lowest BCUT2D eigenvalue weighted by atomic mass is 10.1. The minimum absolute atomic E-state index is 0.275. The Bertz CT molecular complexity index is 577. The summed E-state index contributed by atoms with van der Waals surface area (Å²) in [6.45, 7) is 4.66. The molecule has 0 aliphatic carbocycles. The van der Waals surface area contributed by atoms with Crippen molar-refractivity contribution < 1.29 is 4.42 Å². The first-order valence-corrected chi connectivity index (χ1v) is 5.48. The van der Waals surface area contributed by atoms with Crippen LogP contribution in [-0.2, 0) is 0 Å². The van der Waals surface area contributed by atoms with Gasteiger partial charge in [-0.05, 0) is 26.0 Å². The smallest absolute Gasteiger partial charge is 0.408 e. The molecule has 2 aromatic rings. The monoisotopic (exact) mass is 235 g/mol. The maximum absolute atomic E-state index is 11.0. The molecular weight excluding hydrogens is 218 g/mol. The van der Waals surface area contributed by atoms with Crippen LogP contribution in [-0.4, -0.2) is 24.1 Å². The largest absolute Gasteiger partial charge is 0.417 e. The predicted octanol–water partition coefficient (Wildman–Crippen LogP) is 1.29. The summed E-state index contributed by atoms with van der Waals surface area (Å²) in [5.74, 6) is -0.432. The van der Waals surface area contributed by atoms with E-state index in [0.29, 0.717) is 17.6 Å². The molecule has 17 heavy (non-hydrogen) atoms. The van der Waals surface area contributed by atoms with Gasteiger partial charge in [0.2, 0.25) is 0 Å². The number of H-pyrrole nitrogens is 1. The summed E-state index contributed by atoms with van der Waals surface area (Å²) in [5, 5.41) is 0. The summed E-state index contributed by atoms with van der Waals surface area (Å²) >= 11 is 0. The Morgan fingerprint density at radius 1 is 1.47 bits per heavy atom. The molecule has 5 heteroatoms. The van der Waals surface area contributed by atoms with Crippen molar-refractivity contribution in [2.45, 2.75) is 19.4 Å². The fraction of sp³-hybridized carbons (Fsp3) is 0.417. The summed E-state index contributed by atoms with van der Waals surface area (Å²) < 4.78 is 5.02. The molecule has 1 heterocycles. The van der Waals surface area contributed by atoms with E-state index >= 15 is 0 Å². The number of benzene rings is 1. The number of fused-ring (bicyclic) bond motifs is 1. The molecule has 0 radical (unpaired) electrons. The van der Waals surface area contributed by atoms with Crippen LogP contribution in [0.15, 0.2) is 27.4 Å². The third-order valence-corrected chi connectivity index (χ3v) is 2.49. The van der Waals surface area contributed by atoms with E-state index in [-0.39, 0.29) is 5.54 Å². The first kappa shape index (κ1) is 11.7. The quantitative estimate of drug-likeness (QED) is 0.840. The van der Waals surface area contributed by atoms with Gasteiger partial charge in [0, 0.05) is 30.9 Å². The first-order valence-electron chi connectivity index (χ1n) is 5.48. The molecule has 0 atom stereocenters. The molecule has 0 fully saturated rings. The second-order valence-electron chi connectivity index (χ2n) is 5.04. The van der Waals surface area contributed by atoms with Crippen LogP contribution in [0.3, 0.4) is 0 Å². The number of aromatic nitrogens is 1. The van der Waals surface area contributed by atoms with E-state index in [2.05, 4.69) is 4.98 Å². The SMILES string of the molecule is CN(CC(C)(C)N)c1ccc2[nH]c(=O)oc2c1. The highest BCUT2D eigenvalue weighted by Crippen LogP contribution is 2.20. The van der Waals surface area contributed by atoms with Gasteiger partial charge in [0.1, 0.15) is 0 Å². The van der Waals surface area contributed by atoms with Crippen LogP contribution in [0.2, 0.25) is 0 Å². The number of nitrogens with one attached hydrogen (secondary N) is 1. The fourth-order valence-corrected chi connectivity index (χ4v) is 1.87. The molecule has 0 aliphatic heterocycles. The number of nitrogens with zero attached hydrogens (tertiary/aromatic N) is 1. The van der Waals surface area contributed by atoms with Gasteiger partial charge in [0.05, 0.1) is 5.52 Å². The Hall–Kier alpha value is -1.75. The first-order chi connectivity index (χ1) is 7.85. The highest BCUT2D eigenvalue weighted by Gasteiger charge is 2.15. The van der Waals surface area contributed by atoms with Crippen molar-refractivity contribution in [3.05, 3.63) is 28.7 Å². The number of oxazole rings is 1. The number of hydrogen-bond donors (Lipinski definition) is 2. The molecule has 3 N–H and O–H groups in total. The van der Waals surface area contributed by atoms with Crippen LogP contribution in [0, 0.1) is 0 Å².